The molecule has 0 bridgehead atoms. The molecule has 59 heavy (non-hydrogen) atoms. The largest absolute Gasteiger partial charge is 0.386 e. The van der Waals surface area contributed by atoms with Crippen LogP contribution in [0.15, 0.2) is 30.3 Å². The van der Waals surface area contributed by atoms with Crippen LogP contribution in [-0.2, 0) is 28.7 Å². The number of likely N-dealkylation sites (tertiary alicyclic amines) is 1. The summed E-state index contributed by atoms with van der Waals surface area (Å²) < 4.78 is 12.0. The number of benzene rings is 1. The van der Waals surface area contributed by atoms with E-state index in [1.54, 1.807) is 40.0 Å². The molecule has 0 spiro atoms. The van der Waals surface area contributed by atoms with E-state index < -0.39 is 48.4 Å². The minimum Gasteiger partial charge on any atom is -0.386 e. The predicted octanol–water partition coefficient (Wildman–Crippen LogP) is 6.16. The number of carbonyl (C=O) groups is 4. The van der Waals surface area contributed by atoms with Crippen LogP contribution in [0.4, 0.5) is 0 Å². The molecule has 4 amide bonds. The van der Waals surface area contributed by atoms with E-state index in [1.165, 1.54) is 0 Å². The third kappa shape index (κ3) is 14.7. The quantitative estimate of drug-likeness (QED) is 0.112. The third-order valence-corrected chi connectivity index (χ3v) is 13.3. The molecule has 10 atom stereocenters. The van der Waals surface area contributed by atoms with Gasteiger partial charge < -0.3 is 35.0 Å². The number of ether oxygens (including phenoxy) is 2. The molecule has 1 aliphatic heterocycles. The van der Waals surface area contributed by atoms with Crippen LogP contribution in [0.5, 0.6) is 0 Å². The Labute approximate surface area is 361 Å². The van der Waals surface area contributed by atoms with Crippen molar-refractivity contribution in [3.63, 3.8) is 0 Å². The third-order valence-electron chi connectivity index (χ3n) is 12.0. The molecule has 1 aromatic rings. The molecule has 3 N–H and O–H groups in total. The van der Waals surface area contributed by atoms with Gasteiger partial charge >= 0.3 is 0 Å². The molecule has 0 saturated carbocycles. The number of methoxy groups -OCH3 is 2. The number of aliphatic hydroxyl groups excluding tert-OH is 1. The molecule has 2 rings (SSSR count). The number of amides is 4. The Kier molecular flexibility index (Phi) is 21.4. The van der Waals surface area contributed by atoms with E-state index in [-0.39, 0.29) is 58.6 Å². The van der Waals surface area contributed by atoms with Gasteiger partial charge in [-0.15, -0.1) is 0 Å². The Bertz CT molecular complexity index is 1460. The summed E-state index contributed by atoms with van der Waals surface area (Å²) in [6.07, 6.45) is 0.104. The first-order chi connectivity index (χ1) is 27.5. The number of likely N-dealkylation sites (N-methyl/N-ethyl adjacent to an activating group) is 2. The molecule has 0 aromatic heterocycles. The summed E-state index contributed by atoms with van der Waals surface area (Å²) in [5.41, 5.74) is 0.711. The fraction of sp³-hybridized carbons (Fsp3) is 0.783. The number of hydrogen-bond donors (Lipinski definition) is 3. The van der Waals surface area contributed by atoms with Crippen LogP contribution in [0.25, 0.3) is 0 Å². The minimum atomic E-state index is -0.880. The molecule has 1 aliphatic rings. The Balaban J connectivity index is 2.28. The van der Waals surface area contributed by atoms with Crippen molar-refractivity contribution in [2.24, 2.45) is 23.7 Å². The standard InChI is InChI=1S/C46H81N5O7S/c1-17-31(8)40(50(14)45(56)38(28(2)3)48-44(55)39(29(4)5)49(13)27-46(11,12)59-30(6)7)36(57-15)26-37(52)51-25-21-24-35(51)42(58-16)32(9)43(54)47-33(10)41(53)34-22-19-18-20-23-34/h18-20,22-23,28-33,35-36,38-42,53H,17,21,24-27H2,1-16H3,(H,47,54)(H,48,55)/t31-,32+,33+,35-,36+,38-,39-,40-,41+,42+/m0/s1. The van der Waals surface area contributed by atoms with E-state index in [9.17, 15) is 24.3 Å². The highest BCUT2D eigenvalue weighted by Gasteiger charge is 2.43. The van der Waals surface area contributed by atoms with Crippen LogP contribution in [-0.4, -0.2) is 137 Å². The molecule has 0 aliphatic carbocycles. The molecule has 338 valence electrons. The van der Waals surface area contributed by atoms with E-state index in [2.05, 4.69) is 57.1 Å². The maximum absolute atomic E-state index is 14.5. The van der Waals surface area contributed by atoms with E-state index in [1.807, 2.05) is 81.7 Å². The van der Waals surface area contributed by atoms with Crippen molar-refractivity contribution in [2.45, 2.75) is 167 Å². The van der Waals surface area contributed by atoms with Gasteiger partial charge in [-0.25, -0.2) is 0 Å². The van der Waals surface area contributed by atoms with Crippen LogP contribution < -0.4 is 10.6 Å². The minimum absolute atomic E-state index is 0.0119. The van der Waals surface area contributed by atoms with Crippen molar-refractivity contribution in [3.8, 4) is 0 Å². The van der Waals surface area contributed by atoms with Crippen molar-refractivity contribution in [1.82, 2.24) is 25.3 Å². The Morgan fingerprint density at radius 3 is 2.03 bits per heavy atom. The van der Waals surface area contributed by atoms with Gasteiger partial charge in [0, 0.05) is 39.1 Å². The zero-order valence-electron chi connectivity index (χ0n) is 39.3. The first-order valence-electron chi connectivity index (χ1n) is 21.9. The zero-order valence-corrected chi connectivity index (χ0v) is 40.1. The van der Waals surface area contributed by atoms with Crippen molar-refractivity contribution in [3.05, 3.63) is 35.9 Å². The van der Waals surface area contributed by atoms with E-state index in [0.717, 1.165) is 12.8 Å². The molecule has 1 saturated heterocycles. The summed E-state index contributed by atoms with van der Waals surface area (Å²) in [6, 6.07) is 6.65. The fourth-order valence-electron chi connectivity index (χ4n) is 9.04. The van der Waals surface area contributed by atoms with Gasteiger partial charge in [-0.1, -0.05) is 99.1 Å². The second-order valence-electron chi connectivity index (χ2n) is 18.5. The number of nitrogens with zero attached hydrogens (tertiary/aromatic N) is 3. The normalized spacial score (nSPS) is 19.5. The van der Waals surface area contributed by atoms with Crippen LogP contribution in [0.1, 0.15) is 120 Å². The van der Waals surface area contributed by atoms with Crippen molar-refractivity contribution >= 4 is 35.4 Å². The number of carbonyl (C=O) groups excluding carboxylic acids is 4. The van der Waals surface area contributed by atoms with Gasteiger partial charge in [0.25, 0.3) is 0 Å². The molecule has 0 unspecified atom stereocenters. The fourth-order valence-corrected chi connectivity index (χ4v) is 10.6. The number of nitrogens with one attached hydrogen (secondary N) is 2. The second kappa shape index (κ2) is 24.1. The maximum Gasteiger partial charge on any atom is 0.245 e. The highest BCUT2D eigenvalue weighted by atomic mass is 32.2. The van der Waals surface area contributed by atoms with Crippen LogP contribution in [0.3, 0.4) is 0 Å². The summed E-state index contributed by atoms with van der Waals surface area (Å²) in [5.74, 6) is -1.62. The Hall–Kier alpha value is -2.71. The topological polar surface area (TPSA) is 141 Å². The van der Waals surface area contributed by atoms with E-state index in [4.69, 9.17) is 9.47 Å². The van der Waals surface area contributed by atoms with Gasteiger partial charge in [-0.2, -0.15) is 11.8 Å². The lowest BCUT2D eigenvalue weighted by Crippen LogP contribution is -2.60. The van der Waals surface area contributed by atoms with Crippen LogP contribution >= 0.6 is 11.8 Å². The van der Waals surface area contributed by atoms with Gasteiger partial charge in [-0.05, 0) is 69.2 Å². The summed E-state index contributed by atoms with van der Waals surface area (Å²) in [4.78, 5) is 62.1. The second-order valence-corrected chi connectivity index (χ2v) is 20.8. The SMILES string of the molecule is CC[C@H](C)[C@@H]([C@@H](CC(=O)N1CCC[C@H]1[C@H](OC)[C@@H](C)C(=O)N[C@H](C)[C@@H](O)c1ccccc1)OC)N(C)C(=O)[C@@H](NC(=O)[C@H](C(C)C)N(C)CC(C)(C)SC(C)C)C(C)C. The van der Waals surface area contributed by atoms with Gasteiger partial charge in [0.1, 0.15) is 6.04 Å². The summed E-state index contributed by atoms with van der Waals surface area (Å²) >= 11 is 1.88. The molecule has 12 nitrogen and oxygen atoms in total. The van der Waals surface area contributed by atoms with Crippen LogP contribution in [0, 0.1) is 23.7 Å². The predicted molar refractivity (Wildman–Crippen MR) is 240 cm³/mol. The van der Waals surface area contributed by atoms with E-state index >= 15 is 0 Å². The van der Waals surface area contributed by atoms with Crippen molar-refractivity contribution < 1.29 is 33.8 Å². The summed E-state index contributed by atoms with van der Waals surface area (Å²) in [5, 5.41) is 17.4. The molecule has 13 heteroatoms. The lowest BCUT2D eigenvalue weighted by Gasteiger charge is -2.41. The molecule has 1 fully saturated rings. The monoisotopic (exact) mass is 848 g/mol. The average molecular weight is 848 g/mol. The summed E-state index contributed by atoms with van der Waals surface area (Å²) in [7, 11) is 6.88. The molecule has 1 aromatic carbocycles. The molecular weight excluding hydrogens is 767 g/mol. The van der Waals surface area contributed by atoms with Crippen LogP contribution in [0.2, 0.25) is 0 Å². The zero-order chi connectivity index (χ0) is 44.9. The first-order valence-corrected chi connectivity index (χ1v) is 22.7. The van der Waals surface area contributed by atoms with Gasteiger partial charge in [0.2, 0.25) is 23.6 Å². The van der Waals surface area contributed by atoms with Crippen molar-refractivity contribution in [1.29, 1.82) is 0 Å². The van der Waals surface area contributed by atoms with Gasteiger partial charge in [0.15, 0.2) is 0 Å². The Morgan fingerprint density at radius 2 is 1.53 bits per heavy atom. The van der Waals surface area contributed by atoms with Gasteiger partial charge in [-0.3, -0.25) is 24.1 Å². The highest BCUT2D eigenvalue weighted by molar-refractivity contribution is 8.01. The number of rotatable bonds is 24. The highest BCUT2D eigenvalue weighted by Crippen LogP contribution is 2.32. The summed E-state index contributed by atoms with van der Waals surface area (Å²) in [6.45, 7) is 25.6. The lowest BCUT2D eigenvalue weighted by molar-refractivity contribution is -0.148. The number of hydrogen-bond acceptors (Lipinski definition) is 9. The maximum atomic E-state index is 14.5. The van der Waals surface area contributed by atoms with Gasteiger partial charge in [0.05, 0.1) is 54.8 Å². The molecular formula is C46H81N5O7S. The molecule has 0 radical (unpaired) electrons. The smallest absolute Gasteiger partial charge is 0.245 e. The average Bonchev–Trinajstić information content (AvgIpc) is 3.65. The number of aliphatic hydroxyl groups is 1. The van der Waals surface area contributed by atoms with E-state index in [0.29, 0.717) is 30.3 Å². The van der Waals surface area contributed by atoms with Crippen molar-refractivity contribution in [2.75, 3.05) is 41.4 Å². The number of thioether (sulfide) groups is 1. The molecule has 1 heterocycles. The first kappa shape index (κ1) is 52.4. The lowest BCUT2D eigenvalue weighted by atomic mass is 9.89. The Morgan fingerprint density at radius 1 is 0.915 bits per heavy atom.